The molecule has 1 saturated carbocycles. The Balaban J connectivity index is 1.29. The summed E-state index contributed by atoms with van der Waals surface area (Å²) < 4.78 is 78.9. The second-order valence-electron chi connectivity index (χ2n) is 10.6. The van der Waals surface area contributed by atoms with E-state index in [9.17, 15) is 21.2 Å². The van der Waals surface area contributed by atoms with Crippen LogP contribution >= 0.6 is 0 Å². The summed E-state index contributed by atoms with van der Waals surface area (Å²) in [6.45, 7) is 5.51. The van der Waals surface area contributed by atoms with Gasteiger partial charge < -0.3 is 9.47 Å². The standard InChI is InChI=1S/C25H32FN3O6S2/c1-15(2)13-36(30,31)29-17-4-5-18(29)11-19(10-17)34-24-16(3)25(28-14-27-24)35-23-9-8-21(12-22(23)26)37(32,33)20-6-7-20/h8-9,12,14-15,17-20H,4-7,10-11,13H2,1-3H3. The van der Waals surface area contributed by atoms with Crippen LogP contribution in [0.4, 0.5) is 4.39 Å². The number of halogens is 1. The van der Waals surface area contributed by atoms with E-state index in [0.717, 1.165) is 18.9 Å². The maximum absolute atomic E-state index is 14.7. The van der Waals surface area contributed by atoms with Gasteiger partial charge in [0.05, 0.1) is 21.5 Å². The zero-order valence-corrected chi connectivity index (χ0v) is 22.8. The highest BCUT2D eigenvalue weighted by Crippen LogP contribution is 2.41. The van der Waals surface area contributed by atoms with Crippen LogP contribution in [0.25, 0.3) is 0 Å². The number of sulfonamides is 1. The van der Waals surface area contributed by atoms with Crippen LogP contribution in [0.15, 0.2) is 29.4 Å². The van der Waals surface area contributed by atoms with Crippen molar-refractivity contribution >= 4 is 19.9 Å². The zero-order valence-electron chi connectivity index (χ0n) is 21.1. The van der Waals surface area contributed by atoms with E-state index in [1.54, 1.807) is 11.2 Å². The van der Waals surface area contributed by atoms with Crippen LogP contribution in [0.3, 0.4) is 0 Å². The summed E-state index contributed by atoms with van der Waals surface area (Å²) in [7, 11) is -6.84. The number of nitrogens with zero attached hydrogens (tertiary/aromatic N) is 3. The molecule has 1 aliphatic carbocycles. The number of aromatic nitrogens is 2. The minimum atomic E-state index is -3.51. The van der Waals surface area contributed by atoms with E-state index in [0.29, 0.717) is 37.1 Å². The maximum Gasteiger partial charge on any atom is 0.229 e. The highest BCUT2D eigenvalue weighted by molar-refractivity contribution is 7.92. The summed E-state index contributed by atoms with van der Waals surface area (Å²) in [6.07, 6.45) is 5.00. The number of ether oxygens (including phenoxy) is 2. The molecule has 12 heteroatoms. The monoisotopic (exact) mass is 553 g/mol. The molecule has 5 rings (SSSR count). The summed E-state index contributed by atoms with van der Waals surface area (Å²) in [4.78, 5) is 8.28. The van der Waals surface area contributed by atoms with Crippen molar-refractivity contribution in [2.75, 3.05) is 5.75 Å². The molecule has 0 amide bonds. The van der Waals surface area contributed by atoms with Crippen LogP contribution in [0.2, 0.25) is 0 Å². The lowest BCUT2D eigenvalue weighted by Gasteiger charge is -2.38. The Bertz CT molecular complexity index is 1380. The first kappa shape index (κ1) is 26.3. The number of fused-ring (bicyclic) bond motifs is 2. The van der Waals surface area contributed by atoms with E-state index in [4.69, 9.17) is 9.47 Å². The molecule has 1 aromatic carbocycles. The smallest absolute Gasteiger partial charge is 0.229 e. The minimum Gasteiger partial charge on any atom is -0.474 e. The summed E-state index contributed by atoms with van der Waals surface area (Å²) in [5, 5.41) is -0.431. The van der Waals surface area contributed by atoms with Crippen molar-refractivity contribution in [2.24, 2.45) is 5.92 Å². The third kappa shape index (κ3) is 5.33. The lowest BCUT2D eigenvalue weighted by atomic mass is 10.0. The van der Waals surface area contributed by atoms with Crippen molar-refractivity contribution in [3.8, 4) is 17.5 Å². The Morgan fingerprint density at radius 2 is 1.68 bits per heavy atom. The summed E-state index contributed by atoms with van der Waals surface area (Å²) >= 11 is 0. The van der Waals surface area contributed by atoms with Crippen LogP contribution < -0.4 is 9.47 Å². The molecule has 3 fully saturated rings. The first-order valence-electron chi connectivity index (χ1n) is 12.7. The topological polar surface area (TPSA) is 116 Å². The Hall–Kier alpha value is -2.31. The average molecular weight is 554 g/mol. The van der Waals surface area contributed by atoms with Gasteiger partial charge in [-0.1, -0.05) is 13.8 Å². The molecule has 3 aliphatic rings. The second kappa shape index (κ2) is 9.77. The Morgan fingerprint density at radius 1 is 1.03 bits per heavy atom. The molecular formula is C25H32FN3O6S2. The predicted octanol–water partition coefficient (Wildman–Crippen LogP) is 4.01. The number of piperidine rings is 1. The maximum atomic E-state index is 14.7. The van der Waals surface area contributed by atoms with Gasteiger partial charge in [-0.2, -0.15) is 4.31 Å². The van der Waals surface area contributed by atoms with E-state index in [1.165, 1.54) is 18.5 Å². The average Bonchev–Trinajstić information content (AvgIpc) is 3.62. The lowest BCUT2D eigenvalue weighted by molar-refractivity contribution is 0.0906. The molecule has 2 saturated heterocycles. The van der Waals surface area contributed by atoms with Crippen molar-refractivity contribution in [2.45, 2.75) is 87.6 Å². The molecule has 202 valence electrons. The molecule has 2 aromatic rings. The minimum absolute atomic E-state index is 0.0559. The van der Waals surface area contributed by atoms with Crippen LogP contribution in [-0.4, -0.2) is 60.3 Å². The molecule has 37 heavy (non-hydrogen) atoms. The van der Waals surface area contributed by atoms with Gasteiger partial charge >= 0.3 is 0 Å². The normalized spacial score (nSPS) is 24.4. The number of benzene rings is 1. The van der Waals surface area contributed by atoms with Crippen molar-refractivity contribution in [1.29, 1.82) is 0 Å². The fourth-order valence-electron chi connectivity index (χ4n) is 5.36. The van der Waals surface area contributed by atoms with Crippen LogP contribution in [0.5, 0.6) is 17.5 Å². The van der Waals surface area contributed by atoms with E-state index in [-0.39, 0.29) is 46.4 Å². The Labute approximate surface area is 217 Å². The number of sulfone groups is 1. The molecule has 0 N–H and O–H groups in total. The highest BCUT2D eigenvalue weighted by atomic mass is 32.2. The van der Waals surface area contributed by atoms with Gasteiger partial charge in [0.25, 0.3) is 0 Å². The van der Waals surface area contributed by atoms with Crippen LogP contribution in [-0.2, 0) is 19.9 Å². The largest absolute Gasteiger partial charge is 0.474 e. The van der Waals surface area contributed by atoms with Gasteiger partial charge in [-0.25, -0.2) is 31.2 Å². The van der Waals surface area contributed by atoms with Gasteiger partial charge in [0, 0.05) is 24.9 Å². The molecular weight excluding hydrogens is 521 g/mol. The molecule has 9 nitrogen and oxygen atoms in total. The highest BCUT2D eigenvalue weighted by Gasteiger charge is 2.47. The van der Waals surface area contributed by atoms with E-state index < -0.39 is 30.9 Å². The summed E-state index contributed by atoms with van der Waals surface area (Å²) in [5.74, 6) is -0.355. The fraction of sp³-hybridized carbons (Fsp3) is 0.600. The SMILES string of the molecule is Cc1c(Oc2ccc(S(=O)(=O)C3CC3)cc2F)ncnc1OC1CC2CCC(C1)N2S(=O)(=O)CC(C)C. The number of rotatable bonds is 9. The molecule has 2 bridgehead atoms. The first-order chi connectivity index (χ1) is 17.5. The summed E-state index contributed by atoms with van der Waals surface area (Å²) in [6, 6.07) is 3.43. The van der Waals surface area contributed by atoms with E-state index in [2.05, 4.69) is 9.97 Å². The fourth-order valence-corrected chi connectivity index (χ4v) is 9.33. The van der Waals surface area contributed by atoms with Crippen molar-refractivity contribution in [3.63, 3.8) is 0 Å². The quantitative estimate of drug-likeness (QED) is 0.457. The van der Waals surface area contributed by atoms with E-state index >= 15 is 0 Å². The van der Waals surface area contributed by atoms with Crippen molar-refractivity contribution in [3.05, 3.63) is 35.9 Å². The molecule has 2 unspecified atom stereocenters. The van der Waals surface area contributed by atoms with Gasteiger partial charge in [-0.05, 0) is 56.7 Å². The van der Waals surface area contributed by atoms with Crippen LogP contribution in [0, 0.1) is 18.7 Å². The third-order valence-electron chi connectivity index (χ3n) is 7.16. The zero-order chi connectivity index (χ0) is 26.5. The summed E-state index contributed by atoms with van der Waals surface area (Å²) in [5.41, 5.74) is 0.471. The molecule has 1 aromatic heterocycles. The van der Waals surface area contributed by atoms with Gasteiger partial charge in [0.1, 0.15) is 12.4 Å². The molecule has 3 heterocycles. The Morgan fingerprint density at radius 3 is 2.27 bits per heavy atom. The third-order valence-corrected chi connectivity index (χ3v) is 11.7. The molecule has 0 radical (unpaired) electrons. The Kier molecular flexibility index (Phi) is 6.95. The van der Waals surface area contributed by atoms with Gasteiger partial charge in [0.15, 0.2) is 21.4 Å². The molecule has 0 spiro atoms. The van der Waals surface area contributed by atoms with Gasteiger partial charge in [-0.15, -0.1) is 0 Å². The van der Waals surface area contributed by atoms with E-state index in [1.807, 2.05) is 13.8 Å². The van der Waals surface area contributed by atoms with Gasteiger partial charge in [-0.3, -0.25) is 0 Å². The lowest BCUT2D eigenvalue weighted by Crippen LogP contribution is -2.50. The molecule has 2 atom stereocenters. The number of hydrogen-bond donors (Lipinski definition) is 0. The number of hydrogen-bond acceptors (Lipinski definition) is 8. The molecule has 2 aliphatic heterocycles. The van der Waals surface area contributed by atoms with Crippen molar-refractivity contribution < 1.29 is 30.7 Å². The predicted molar refractivity (Wildman–Crippen MR) is 134 cm³/mol. The first-order valence-corrected chi connectivity index (χ1v) is 15.8. The van der Waals surface area contributed by atoms with Crippen LogP contribution in [0.1, 0.15) is 57.9 Å². The van der Waals surface area contributed by atoms with Gasteiger partial charge in [0.2, 0.25) is 21.8 Å². The second-order valence-corrected chi connectivity index (χ2v) is 14.8. The van der Waals surface area contributed by atoms with Crippen molar-refractivity contribution in [1.82, 2.24) is 14.3 Å².